The molecule has 0 saturated carbocycles. The Kier molecular flexibility index (Phi) is 7.59. The molecule has 0 unspecified atom stereocenters. The van der Waals surface area contributed by atoms with Crippen molar-refractivity contribution in [2.45, 2.75) is 53.6 Å². The van der Waals surface area contributed by atoms with E-state index in [0.29, 0.717) is 46.9 Å². The molecule has 8 heteroatoms. The molecule has 8 nitrogen and oxygen atoms in total. The number of pyridine rings is 1. The number of hydrogen-bond donors (Lipinski definition) is 2. The quantitative estimate of drug-likeness (QED) is 0.595. The number of methoxy groups -OCH3 is 2. The summed E-state index contributed by atoms with van der Waals surface area (Å²) >= 11 is 0. The summed E-state index contributed by atoms with van der Waals surface area (Å²) < 4.78 is 18.7. The molecular weight excluding hydrogens is 388 g/mol. The smallest absolute Gasteiger partial charge is 0.404 e. The second kappa shape index (κ2) is 9.73. The molecule has 1 aromatic heterocycles. The van der Waals surface area contributed by atoms with Gasteiger partial charge < -0.3 is 29.2 Å². The van der Waals surface area contributed by atoms with E-state index in [1.807, 2.05) is 20.8 Å². The van der Waals surface area contributed by atoms with E-state index in [-0.39, 0.29) is 17.5 Å². The molecule has 0 bridgehead atoms. The van der Waals surface area contributed by atoms with E-state index < -0.39 is 6.09 Å². The van der Waals surface area contributed by atoms with Gasteiger partial charge in [-0.05, 0) is 24.0 Å². The predicted octanol–water partition coefficient (Wildman–Crippen LogP) is 4.01. The van der Waals surface area contributed by atoms with E-state index >= 15 is 0 Å². The van der Waals surface area contributed by atoms with Crippen LogP contribution in [0.5, 0.6) is 17.2 Å². The van der Waals surface area contributed by atoms with Crippen LogP contribution in [0.3, 0.4) is 0 Å². The summed E-state index contributed by atoms with van der Waals surface area (Å²) in [7, 11) is 3.03. The first-order valence-electron chi connectivity index (χ1n) is 10.0. The molecule has 0 aliphatic carbocycles. The minimum absolute atomic E-state index is 0.0710. The number of rotatable bonds is 9. The van der Waals surface area contributed by atoms with Gasteiger partial charge in [-0.3, -0.25) is 4.79 Å². The third-order valence-corrected chi connectivity index (χ3v) is 4.62. The second-order valence-electron chi connectivity index (χ2n) is 8.31. The fraction of sp³-hybridized carbons (Fsp3) is 0.545. The topological polar surface area (TPSA) is 99.0 Å². The van der Waals surface area contributed by atoms with Gasteiger partial charge in [0.1, 0.15) is 0 Å². The highest BCUT2D eigenvalue weighted by Crippen LogP contribution is 2.41. The van der Waals surface area contributed by atoms with Crippen LogP contribution in [0.4, 0.5) is 4.79 Å². The Morgan fingerprint density at radius 2 is 1.87 bits per heavy atom. The molecular formula is C22H32N2O6. The Bertz CT molecular complexity index is 959. The monoisotopic (exact) mass is 420 g/mol. The first kappa shape index (κ1) is 23.4. The van der Waals surface area contributed by atoms with Crippen LogP contribution in [0.15, 0.2) is 16.9 Å². The average molecular weight is 421 g/mol. The van der Waals surface area contributed by atoms with E-state index in [2.05, 4.69) is 12.2 Å². The highest BCUT2D eigenvalue weighted by atomic mass is 16.5. The Labute approximate surface area is 176 Å². The number of hydrogen-bond acceptors (Lipinski definition) is 5. The Balaban J connectivity index is 2.92. The molecule has 1 aromatic carbocycles. The first-order valence-corrected chi connectivity index (χ1v) is 10.0. The summed E-state index contributed by atoms with van der Waals surface area (Å²) in [6.07, 6.45) is 0.572. The summed E-state index contributed by atoms with van der Waals surface area (Å²) in [5.41, 5.74) is 0.0191. The van der Waals surface area contributed by atoms with Gasteiger partial charge in [0.15, 0.2) is 17.2 Å². The number of nitrogens with zero attached hydrogens (tertiary/aromatic N) is 1. The van der Waals surface area contributed by atoms with Crippen LogP contribution >= 0.6 is 0 Å². The predicted molar refractivity (Wildman–Crippen MR) is 116 cm³/mol. The molecule has 2 aromatic rings. The summed E-state index contributed by atoms with van der Waals surface area (Å²) in [5.74, 6) is 1.29. The van der Waals surface area contributed by atoms with Crippen molar-refractivity contribution in [3.05, 3.63) is 28.2 Å². The molecule has 0 saturated heterocycles. The molecule has 0 fully saturated rings. The lowest BCUT2D eigenvalue weighted by atomic mass is 9.96. The van der Waals surface area contributed by atoms with Crippen molar-refractivity contribution in [1.82, 2.24) is 9.88 Å². The highest BCUT2D eigenvalue weighted by Gasteiger charge is 2.25. The normalized spacial score (nSPS) is 11.4. The Morgan fingerprint density at radius 3 is 2.40 bits per heavy atom. The molecule has 0 spiro atoms. The maximum atomic E-state index is 13.5. The largest absolute Gasteiger partial charge is 0.493 e. The molecule has 166 valence electrons. The number of carbonyl (C=O) groups is 1. The third kappa shape index (κ3) is 5.17. The fourth-order valence-electron chi connectivity index (χ4n) is 3.32. The number of amides is 1. The zero-order valence-corrected chi connectivity index (χ0v) is 18.6. The van der Waals surface area contributed by atoms with Crippen molar-refractivity contribution >= 4 is 16.9 Å². The van der Waals surface area contributed by atoms with Gasteiger partial charge >= 0.3 is 6.09 Å². The van der Waals surface area contributed by atoms with Gasteiger partial charge in [0.2, 0.25) is 0 Å². The van der Waals surface area contributed by atoms with Crippen LogP contribution in [-0.4, -0.2) is 36.6 Å². The lowest BCUT2D eigenvalue weighted by Crippen LogP contribution is -2.33. The SMILES string of the molecule is CCCCOc1c(CNC(=O)O)n(CC(C)(C)C)c(=O)c2ccc(OC)c(OC)c12. The number of fused-ring (bicyclic) bond motifs is 1. The Morgan fingerprint density at radius 1 is 1.17 bits per heavy atom. The highest BCUT2D eigenvalue weighted by molar-refractivity contribution is 5.96. The molecule has 0 aliphatic rings. The van der Waals surface area contributed by atoms with Crippen LogP contribution in [0.25, 0.3) is 10.8 Å². The number of benzene rings is 1. The zero-order chi connectivity index (χ0) is 22.5. The molecule has 2 N–H and O–H groups in total. The molecule has 2 rings (SSSR count). The van der Waals surface area contributed by atoms with E-state index in [1.165, 1.54) is 14.2 Å². The van der Waals surface area contributed by atoms with Crippen molar-refractivity contribution in [3.63, 3.8) is 0 Å². The molecule has 1 amide bonds. The van der Waals surface area contributed by atoms with Gasteiger partial charge in [-0.2, -0.15) is 0 Å². The van der Waals surface area contributed by atoms with Gasteiger partial charge in [0, 0.05) is 6.54 Å². The van der Waals surface area contributed by atoms with Crippen LogP contribution in [-0.2, 0) is 13.1 Å². The first-order chi connectivity index (χ1) is 14.1. The summed E-state index contributed by atoms with van der Waals surface area (Å²) in [5, 5.41) is 12.5. The molecule has 30 heavy (non-hydrogen) atoms. The zero-order valence-electron chi connectivity index (χ0n) is 18.6. The van der Waals surface area contributed by atoms with Crippen molar-refractivity contribution in [2.24, 2.45) is 5.41 Å². The number of nitrogens with one attached hydrogen (secondary N) is 1. The van der Waals surface area contributed by atoms with Gasteiger partial charge in [0.05, 0.1) is 43.8 Å². The number of ether oxygens (including phenoxy) is 3. The lowest BCUT2D eigenvalue weighted by Gasteiger charge is -2.26. The van der Waals surface area contributed by atoms with Crippen LogP contribution in [0.2, 0.25) is 0 Å². The van der Waals surface area contributed by atoms with Gasteiger partial charge in [-0.25, -0.2) is 4.79 Å². The van der Waals surface area contributed by atoms with Crippen molar-refractivity contribution in [3.8, 4) is 17.2 Å². The van der Waals surface area contributed by atoms with Crippen LogP contribution in [0.1, 0.15) is 46.2 Å². The molecule has 1 heterocycles. The summed E-state index contributed by atoms with van der Waals surface area (Å²) in [6.45, 7) is 8.87. The maximum absolute atomic E-state index is 13.5. The molecule has 0 aliphatic heterocycles. The van der Waals surface area contributed by atoms with Crippen molar-refractivity contribution < 1.29 is 24.1 Å². The van der Waals surface area contributed by atoms with Gasteiger partial charge in [-0.1, -0.05) is 34.1 Å². The molecule has 0 atom stereocenters. The van der Waals surface area contributed by atoms with E-state index in [9.17, 15) is 14.7 Å². The fourth-order valence-corrected chi connectivity index (χ4v) is 3.32. The van der Waals surface area contributed by atoms with Crippen LogP contribution in [0, 0.1) is 5.41 Å². The lowest BCUT2D eigenvalue weighted by molar-refractivity contribution is 0.193. The number of carboxylic acid groups (broad SMARTS) is 1. The van der Waals surface area contributed by atoms with E-state index in [4.69, 9.17) is 14.2 Å². The Hall–Kier alpha value is -2.90. The van der Waals surface area contributed by atoms with Crippen molar-refractivity contribution in [2.75, 3.05) is 20.8 Å². The molecule has 0 radical (unpaired) electrons. The van der Waals surface area contributed by atoms with Crippen molar-refractivity contribution in [1.29, 1.82) is 0 Å². The number of aromatic nitrogens is 1. The third-order valence-electron chi connectivity index (χ3n) is 4.62. The van der Waals surface area contributed by atoms with E-state index in [1.54, 1.807) is 16.7 Å². The van der Waals surface area contributed by atoms with Gasteiger partial charge in [0.25, 0.3) is 5.56 Å². The maximum Gasteiger partial charge on any atom is 0.404 e. The number of unbranched alkanes of at least 4 members (excludes halogenated alkanes) is 1. The summed E-state index contributed by atoms with van der Waals surface area (Å²) in [6, 6.07) is 3.38. The van der Waals surface area contributed by atoms with E-state index in [0.717, 1.165) is 12.8 Å². The summed E-state index contributed by atoms with van der Waals surface area (Å²) in [4.78, 5) is 24.7. The minimum atomic E-state index is -1.18. The standard InChI is InChI=1S/C22H32N2O6/c1-7-8-11-30-18-15(12-23-21(26)27)24(13-22(2,3)4)20(25)14-9-10-16(28-5)19(29-6)17(14)18/h9-10,23H,7-8,11-13H2,1-6H3,(H,26,27). The average Bonchev–Trinajstić information content (AvgIpc) is 2.68. The van der Waals surface area contributed by atoms with Crippen LogP contribution < -0.4 is 25.1 Å². The minimum Gasteiger partial charge on any atom is -0.493 e. The second-order valence-corrected chi connectivity index (χ2v) is 8.31. The van der Waals surface area contributed by atoms with Gasteiger partial charge in [-0.15, -0.1) is 0 Å².